The van der Waals surface area contributed by atoms with Gasteiger partial charge in [-0.05, 0) is 49.2 Å². The zero-order chi connectivity index (χ0) is 18.5. The highest BCUT2D eigenvalue weighted by molar-refractivity contribution is 7.15. The van der Waals surface area contributed by atoms with Crippen LogP contribution < -0.4 is 5.32 Å². The molecule has 0 unspecified atom stereocenters. The van der Waals surface area contributed by atoms with Gasteiger partial charge in [-0.1, -0.05) is 12.8 Å². The van der Waals surface area contributed by atoms with Crippen LogP contribution >= 0.6 is 11.3 Å². The molecule has 2 aromatic rings. The average molecular weight is 372 g/mol. The van der Waals surface area contributed by atoms with E-state index < -0.39 is 5.97 Å². The predicted octanol–water partition coefficient (Wildman–Crippen LogP) is 3.71. The summed E-state index contributed by atoms with van der Waals surface area (Å²) in [5.74, 6) is -1.39. The molecule has 0 atom stereocenters. The van der Waals surface area contributed by atoms with Crippen molar-refractivity contribution in [1.29, 1.82) is 0 Å². The maximum atomic E-state index is 12.6. The molecule has 1 aromatic heterocycles. The highest BCUT2D eigenvalue weighted by atomic mass is 32.1. The Hall–Kier alpha value is -2.67. The van der Waals surface area contributed by atoms with Gasteiger partial charge in [0, 0.05) is 24.3 Å². The Morgan fingerprint density at radius 1 is 0.885 bits per heavy atom. The van der Waals surface area contributed by atoms with E-state index in [9.17, 15) is 14.4 Å². The molecule has 136 valence electrons. The highest BCUT2D eigenvalue weighted by Crippen LogP contribution is 2.19. The summed E-state index contributed by atoms with van der Waals surface area (Å²) in [6.45, 7) is 1.59. The highest BCUT2D eigenvalue weighted by Gasteiger charge is 2.17. The lowest BCUT2D eigenvalue weighted by Gasteiger charge is -2.20. The fraction of sp³-hybridized carbons (Fsp3) is 0.316. The zero-order valence-corrected chi connectivity index (χ0v) is 15.1. The van der Waals surface area contributed by atoms with Crippen molar-refractivity contribution < 1.29 is 19.5 Å². The number of rotatable bonds is 4. The number of likely N-dealkylation sites (tertiary alicyclic amines) is 1. The fourth-order valence-electron chi connectivity index (χ4n) is 2.92. The van der Waals surface area contributed by atoms with Gasteiger partial charge in [-0.3, -0.25) is 9.59 Å². The summed E-state index contributed by atoms with van der Waals surface area (Å²) in [6.07, 6.45) is 4.42. The van der Waals surface area contributed by atoms with Gasteiger partial charge in [0.15, 0.2) is 0 Å². The first-order valence-corrected chi connectivity index (χ1v) is 9.40. The molecule has 0 bridgehead atoms. The molecule has 0 aliphatic carbocycles. The van der Waals surface area contributed by atoms with Crippen LogP contribution in [-0.2, 0) is 0 Å². The third-order valence-corrected chi connectivity index (χ3v) is 5.40. The van der Waals surface area contributed by atoms with Crippen molar-refractivity contribution in [3.63, 3.8) is 0 Å². The zero-order valence-electron chi connectivity index (χ0n) is 14.2. The van der Waals surface area contributed by atoms with Gasteiger partial charge in [0.2, 0.25) is 0 Å². The summed E-state index contributed by atoms with van der Waals surface area (Å²) < 4.78 is 0. The second kappa shape index (κ2) is 8.14. The van der Waals surface area contributed by atoms with Crippen LogP contribution in [0.5, 0.6) is 0 Å². The SMILES string of the molecule is O=C(O)c1ccc(C(=O)Nc2ccc(C(=O)N3CCCCCC3)cc2)s1. The Kier molecular flexibility index (Phi) is 5.68. The minimum Gasteiger partial charge on any atom is -0.477 e. The van der Waals surface area contributed by atoms with E-state index in [-0.39, 0.29) is 16.7 Å². The van der Waals surface area contributed by atoms with E-state index in [0.29, 0.717) is 16.1 Å². The molecule has 3 rings (SSSR count). The van der Waals surface area contributed by atoms with Crippen molar-refractivity contribution in [2.24, 2.45) is 0 Å². The third-order valence-electron chi connectivity index (χ3n) is 4.32. The van der Waals surface area contributed by atoms with Gasteiger partial charge < -0.3 is 15.3 Å². The molecular formula is C19H20N2O4S. The van der Waals surface area contributed by atoms with Gasteiger partial charge in [-0.15, -0.1) is 11.3 Å². The summed E-state index contributed by atoms with van der Waals surface area (Å²) in [5, 5.41) is 11.6. The average Bonchev–Trinajstić information content (AvgIpc) is 2.99. The molecule has 2 heterocycles. The number of nitrogens with one attached hydrogen (secondary N) is 1. The first-order chi connectivity index (χ1) is 12.5. The van der Waals surface area contributed by atoms with Crippen LogP contribution in [0.3, 0.4) is 0 Å². The fourth-order valence-corrected chi connectivity index (χ4v) is 3.66. The topological polar surface area (TPSA) is 86.7 Å². The molecule has 2 amide bonds. The van der Waals surface area contributed by atoms with Crippen LogP contribution in [0.4, 0.5) is 5.69 Å². The summed E-state index contributed by atoms with van der Waals surface area (Å²) in [4.78, 5) is 38.0. The molecule has 1 aromatic carbocycles. The number of anilines is 1. The van der Waals surface area contributed by atoms with E-state index >= 15 is 0 Å². The standard InChI is InChI=1S/C19H20N2O4S/c22-17(15-9-10-16(26-15)19(24)25)20-14-7-5-13(6-8-14)18(23)21-11-3-1-2-4-12-21/h5-10H,1-4,11-12H2,(H,20,22)(H,24,25). The van der Waals surface area contributed by atoms with Gasteiger partial charge in [0.05, 0.1) is 4.88 Å². The molecule has 1 fully saturated rings. The number of benzene rings is 1. The maximum absolute atomic E-state index is 12.6. The number of carboxylic acids is 1. The molecular weight excluding hydrogens is 352 g/mol. The normalized spacial score (nSPS) is 14.5. The monoisotopic (exact) mass is 372 g/mol. The van der Waals surface area contributed by atoms with E-state index in [1.54, 1.807) is 24.3 Å². The van der Waals surface area contributed by atoms with E-state index in [4.69, 9.17) is 5.11 Å². The first kappa shape index (κ1) is 18.1. The van der Waals surface area contributed by atoms with Crippen molar-refractivity contribution in [1.82, 2.24) is 4.90 Å². The minimum absolute atomic E-state index is 0.0223. The first-order valence-electron chi connectivity index (χ1n) is 8.58. The Labute approximate surface area is 155 Å². The van der Waals surface area contributed by atoms with Crippen LogP contribution in [0.25, 0.3) is 0 Å². The molecule has 2 N–H and O–H groups in total. The quantitative estimate of drug-likeness (QED) is 0.856. The summed E-state index contributed by atoms with van der Waals surface area (Å²) in [7, 11) is 0. The summed E-state index contributed by atoms with van der Waals surface area (Å²) >= 11 is 0.925. The number of thiophene rings is 1. The molecule has 1 aliphatic heterocycles. The largest absolute Gasteiger partial charge is 0.477 e. The van der Waals surface area contributed by atoms with Crippen LogP contribution in [0, 0.1) is 0 Å². The smallest absolute Gasteiger partial charge is 0.345 e. The van der Waals surface area contributed by atoms with Crippen molar-refractivity contribution in [2.45, 2.75) is 25.7 Å². The molecule has 1 aliphatic rings. The number of carbonyl (C=O) groups is 3. The number of nitrogens with zero attached hydrogens (tertiary/aromatic N) is 1. The Balaban J connectivity index is 1.64. The molecule has 6 nitrogen and oxygen atoms in total. The minimum atomic E-state index is -1.05. The van der Waals surface area contributed by atoms with E-state index in [2.05, 4.69) is 5.32 Å². The molecule has 1 saturated heterocycles. The van der Waals surface area contributed by atoms with Gasteiger partial charge in [-0.25, -0.2) is 4.79 Å². The van der Waals surface area contributed by atoms with Gasteiger partial charge >= 0.3 is 5.97 Å². The maximum Gasteiger partial charge on any atom is 0.345 e. The third kappa shape index (κ3) is 4.29. The van der Waals surface area contributed by atoms with Gasteiger partial charge in [-0.2, -0.15) is 0 Å². The molecule has 7 heteroatoms. The predicted molar refractivity (Wildman–Crippen MR) is 100 cm³/mol. The van der Waals surface area contributed by atoms with Crippen LogP contribution in [-0.4, -0.2) is 40.9 Å². The van der Waals surface area contributed by atoms with Crippen molar-refractivity contribution in [2.75, 3.05) is 18.4 Å². The lowest BCUT2D eigenvalue weighted by Crippen LogP contribution is -2.31. The van der Waals surface area contributed by atoms with Gasteiger partial charge in [0.1, 0.15) is 4.88 Å². The number of hydrogen-bond donors (Lipinski definition) is 2. The molecule has 0 radical (unpaired) electrons. The number of carbonyl (C=O) groups excluding carboxylic acids is 2. The van der Waals surface area contributed by atoms with Crippen molar-refractivity contribution >= 4 is 34.8 Å². The molecule has 0 spiro atoms. The second-order valence-electron chi connectivity index (χ2n) is 6.21. The molecule has 0 saturated carbocycles. The van der Waals surface area contributed by atoms with Gasteiger partial charge in [0.25, 0.3) is 11.8 Å². The number of hydrogen-bond acceptors (Lipinski definition) is 4. The lowest BCUT2D eigenvalue weighted by molar-refractivity contribution is 0.0700. The number of aromatic carboxylic acids is 1. The lowest BCUT2D eigenvalue weighted by atomic mass is 10.1. The Morgan fingerprint density at radius 2 is 1.50 bits per heavy atom. The van der Waals surface area contributed by atoms with Crippen molar-refractivity contribution in [3.05, 3.63) is 51.7 Å². The van der Waals surface area contributed by atoms with Crippen LogP contribution in [0.15, 0.2) is 36.4 Å². The molecule has 26 heavy (non-hydrogen) atoms. The van der Waals surface area contributed by atoms with Crippen molar-refractivity contribution in [3.8, 4) is 0 Å². The van der Waals surface area contributed by atoms with Crippen LogP contribution in [0.1, 0.15) is 55.4 Å². The van der Waals surface area contributed by atoms with E-state index in [1.807, 2.05) is 4.90 Å². The van der Waals surface area contributed by atoms with E-state index in [0.717, 1.165) is 37.3 Å². The Morgan fingerprint density at radius 3 is 2.08 bits per heavy atom. The summed E-state index contributed by atoms with van der Waals surface area (Å²) in [6, 6.07) is 9.69. The number of amides is 2. The second-order valence-corrected chi connectivity index (χ2v) is 7.29. The van der Waals surface area contributed by atoms with Crippen LogP contribution in [0.2, 0.25) is 0 Å². The van der Waals surface area contributed by atoms with E-state index in [1.165, 1.54) is 25.0 Å². The Bertz CT molecular complexity index is 805. The summed E-state index contributed by atoms with van der Waals surface area (Å²) in [5.41, 5.74) is 1.17. The number of carboxylic acid groups (broad SMARTS) is 1.